The molecule has 0 aliphatic carbocycles. The molecule has 0 bridgehead atoms. The Bertz CT molecular complexity index is 1230. The van der Waals surface area contributed by atoms with Gasteiger partial charge in [-0.05, 0) is 32.9 Å². The fraction of sp³-hybridized carbons (Fsp3) is 0.318. The van der Waals surface area contributed by atoms with Gasteiger partial charge in [0.25, 0.3) is 0 Å². The van der Waals surface area contributed by atoms with Crippen molar-refractivity contribution in [3.05, 3.63) is 52.3 Å². The molecule has 26 heavy (non-hydrogen) atoms. The summed E-state index contributed by atoms with van der Waals surface area (Å²) in [6.45, 7) is 9.31. The Labute approximate surface area is 161 Å². The van der Waals surface area contributed by atoms with Crippen molar-refractivity contribution in [2.75, 3.05) is 7.11 Å². The molecule has 4 aromatic rings. The minimum Gasteiger partial charge on any atom is -0.496 e. The SMILES string of the molecule is COc1cccc2c3cccc4c3n3c(c(Br)nc3c12)C(C)(C)C4(C)C. The lowest BCUT2D eigenvalue weighted by Gasteiger charge is -2.46. The summed E-state index contributed by atoms with van der Waals surface area (Å²) in [7, 11) is 1.73. The molecule has 0 spiro atoms. The van der Waals surface area contributed by atoms with E-state index in [9.17, 15) is 0 Å². The summed E-state index contributed by atoms with van der Waals surface area (Å²) in [6.07, 6.45) is 0. The second-order valence-corrected chi connectivity index (χ2v) is 9.00. The molecule has 3 heterocycles. The Morgan fingerprint density at radius 2 is 1.65 bits per heavy atom. The van der Waals surface area contributed by atoms with Crippen LogP contribution in [-0.2, 0) is 10.8 Å². The first kappa shape index (κ1) is 16.1. The zero-order valence-corrected chi connectivity index (χ0v) is 17.2. The van der Waals surface area contributed by atoms with E-state index in [2.05, 4.69) is 78.4 Å². The zero-order chi connectivity index (χ0) is 18.4. The smallest absolute Gasteiger partial charge is 0.150 e. The number of halogens is 1. The normalized spacial score (nSPS) is 17.5. The number of aromatic nitrogens is 2. The van der Waals surface area contributed by atoms with Crippen molar-refractivity contribution in [2.24, 2.45) is 0 Å². The van der Waals surface area contributed by atoms with Crippen molar-refractivity contribution < 1.29 is 4.74 Å². The van der Waals surface area contributed by atoms with Gasteiger partial charge in [-0.25, -0.2) is 4.98 Å². The van der Waals surface area contributed by atoms with Gasteiger partial charge in [0, 0.05) is 16.2 Å². The average Bonchev–Trinajstić information content (AvgIpc) is 2.97. The summed E-state index contributed by atoms with van der Waals surface area (Å²) >= 11 is 3.77. The quantitative estimate of drug-likeness (QED) is 0.362. The third-order valence-electron chi connectivity index (χ3n) is 6.68. The Kier molecular flexibility index (Phi) is 2.98. The predicted molar refractivity (Wildman–Crippen MR) is 111 cm³/mol. The Morgan fingerprint density at radius 3 is 2.38 bits per heavy atom. The maximum absolute atomic E-state index is 5.71. The highest BCUT2D eigenvalue weighted by atomic mass is 79.9. The summed E-state index contributed by atoms with van der Waals surface area (Å²) in [5.41, 5.74) is 4.72. The second-order valence-electron chi connectivity index (χ2n) is 8.24. The van der Waals surface area contributed by atoms with E-state index < -0.39 is 0 Å². The number of benzene rings is 2. The zero-order valence-electron chi connectivity index (χ0n) is 15.6. The van der Waals surface area contributed by atoms with E-state index in [0.717, 1.165) is 21.4 Å². The maximum atomic E-state index is 5.71. The standard InChI is InChI=1S/C22H21BrN2O/c1-21(2)14-10-6-9-13-12-8-7-11-15(26-5)16(12)20-24-19(23)18(22(21,3)4)25(20)17(13)14/h6-11H,1-5H3. The first-order valence-electron chi connectivity index (χ1n) is 8.91. The molecule has 3 nitrogen and oxygen atoms in total. The van der Waals surface area contributed by atoms with Gasteiger partial charge in [0.05, 0.1) is 23.7 Å². The molecule has 2 aromatic carbocycles. The summed E-state index contributed by atoms with van der Waals surface area (Å²) in [4.78, 5) is 4.96. The van der Waals surface area contributed by atoms with Crippen LogP contribution in [0.25, 0.3) is 27.3 Å². The largest absolute Gasteiger partial charge is 0.496 e. The predicted octanol–water partition coefficient (Wildman–Crippen LogP) is 5.98. The Balaban J connectivity index is 2.22. The molecule has 0 amide bonds. The van der Waals surface area contributed by atoms with Crippen LogP contribution in [-0.4, -0.2) is 16.5 Å². The molecule has 0 radical (unpaired) electrons. The molecule has 0 unspecified atom stereocenters. The first-order chi connectivity index (χ1) is 12.3. The topological polar surface area (TPSA) is 26.5 Å². The van der Waals surface area contributed by atoms with Crippen LogP contribution in [0, 0.1) is 0 Å². The molecule has 1 aliphatic heterocycles. The van der Waals surface area contributed by atoms with E-state index >= 15 is 0 Å². The van der Waals surface area contributed by atoms with Crippen molar-refractivity contribution in [3.8, 4) is 5.75 Å². The van der Waals surface area contributed by atoms with Crippen LogP contribution < -0.4 is 4.74 Å². The molecule has 132 valence electrons. The molecular weight excluding hydrogens is 388 g/mol. The van der Waals surface area contributed by atoms with E-state index in [1.165, 1.54) is 27.5 Å². The average molecular weight is 409 g/mol. The molecule has 4 heteroatoms. The molecule has 5 rings (SSSR count). The van der Waals surface area contributed by atoms with Crippen LogP contribution >= 0.6 is 15.9 Å². The van der Waals surface area contributed by atoms with Gasteiger partial charge < -0.3 is 4.74 Å². The highest BCUT2D eigenvalue weighted by molar-refractivity contribution is 9.10. The number of hydrogen-bond donors (Lipinski definition) is 0. The number of rotatable bonds is 1. The van der Waals surface area contributed by atoms with Gasteiger partial charge in [-0.1, -0.05) is 58.0 Å². The molecule has 0 N–H and O–H groups in total. The van der Waals surface area contributed by atoms with E-state index in [-0.39, 0.29) is 10.8 Å². The minimum absolute atomic E-state index is 0.0233. The van der Waals surface area contributed by atoms with Crippen molar-refractivity contribution in [1.82, 2.24) is 9.38 Å². The van der Waals surface area contributed by atoms with Gasteiger partial charge in [-0.2, -0.15) is 0 Å². The van der Waals surface area contributed by atoms with Gasteiger partial charge in [0.1, 0.15) is 10.4 Å². The fourth-order valence-corrected chi connectivity index (χ4v) is 5.45. The van der Waals surface area contributed by atoms with E-state index in [1.807, 2.05) is 6.07 Å². The third kappa shape index (κ3) is 1.62. The molecule has 0 saturated carbocycles. The summed E-state index contributed by atoms with van der Waals surface area (Å²) in [5.74, 6) is 0.862. The highest BCUT2D eigenvalue weighted by Crippen LogP contribution is 2.53. The van der Waals surface area contributed by atoms with Gasteiger partial charge in [-0.3, -0.25) is 4.40 Å². The fourth-order valence-electron chi connectivity index (χ4n) is 4.61. The number of methoxy groups -OCH3 is 1. The number of nitrogens with zero attached hydrogens (tertiary/aromatic N) is 2. The number of ether oxygens (including phenoxy) is 1. The van der Waals surface area contributed by atoms with Gasteiger partial charge in [0.2, 0.25) is 0 Å². The van der Waals surface area contributed by atoms with Crippen molar-refractivity contribution in [2.45, 2.75) is 38.5 Å². The van der Waals surface area contributed by atoms with Crippen LogP contribution in [0.1, 0.15) is 39.0 Å². The Morgan fingerprint density at radius 1 is 0.962 bits per heavy atom. The second kappa shape index (κ2) is 4.80. The van der Waals surface area contributed by atoms with Crippen LogP contribution in [0.5, 0.6) is 5.75 Å². The van der Waals surface area contributed by atoms with Crippen LogP contribution in [0.2, 0.25) is 0 Å². The molecular formula is C22H21BrN2O. The number of imidazole rings is 1. The first-order valence-corrected chi connectivity index (χ1v) is 9.70. The lowest BCUT2D eigenvalue weighted by atomic mass is 9.61. The molecule has 2 aromatic heterocycles. The number of para-hydroxylation sites is 1. The van der Waals surface area contributed by atoms with Crippen LogP contribution in [0.15, 0.2) is 41.0 Å². The number of fused-ring (bicyclic) bond motifs is 3. The van der Waals surface area contributed by atoms with E-state index in [4.69, 9.17) is 9.72 Å². The summed E-state index contributed by atoms with van der Waals surface area (Å²) < 4.78 is 8.98. The van der Waals surface area contributed by atoms with Crippen molar-refractivity contribution in [1.29, 1.82) is 0 Å². The molecule has 0 fully saturated rings. The molecule has 0 saturated heterocycles. The van der Waals surface area contributed by atoms with Crippen LogP contribution in [0.4, 0.5) is 0 Å². The summed E-state index contributed by atoms with van der Waals surface area (Å²) in [5, 5.41) is 3.51. The maximum Gasteiger partial charge on any atom is 0.150 e. The Hall–Kier alpha value is -2.07. The lowest BCUT2D eigenvalue weighted by molar-refractivity contribution is 0.287. The highest BCUT2D eigenvalue weighted by Gasteiger charge is 2.47. The van der Waals surface area contributed by atoms with Crippen molar-refractivity contribution in [3.63, 3.8) is 0 Å². The van der Waals surface area contributed by atoms with Gasteiger partial charge in [-0.15, -0.1) is 0 Å². The van der Waals surface area contributed by atoms with Crippen LogP contribution in [0.3, 0.4) is 0 Å². The number of pyridine rings is 1. The minimum atomic E-state index is -0.0811. The number of hydrogen-bond acceptors (Lipinski definition) is 2. The van der Waals surface area contributed by atoms with E-state index in [0.29, 0.717) is 0 Å². The van der Waals surface area contributed by atoms with Gasteiger partial charge in [0.15, 0.2) is 5.65 Å². The monoisotopic (exact) mass is 408 g/mol. The van der Waals surface area contributed by atoms with Gasteiger partial charge >= 0.3 is 0 Å². The molecule has 1 aliphatic rings. The van der Waals surface area contributed by atoms with Crippen molar-refractivity contribution >= 4 is 43.3 Å². The molecule has 0 atom stereocenters. The summed E-state index contributed by atoms with van der Waals surface area (Å²) in [6, 6.07) is 12.9. The third-order valence-corrected chi connectivity index (χ3v) is 7.24. The van der Waals surface area contributed by atoms with E-state index in [1.54, 1.807) is 7.11 Å². The lowest BCUT2D eigenvalue weighted by Crippen LogP contribution is -2.44.